The van der Waals surface area contributed by atoms with E-state index >= 15 is 0 Å². The average molecular weight is 565 g/mol. The Morgan fingerprint density at radius 3 is 2.36 bits per heavy atom. The van der Waals surface area contributed by atoms with Gasteiger partial charge in [0.15, 0.2) is 11.5 Å². The summed E-state index contributed by atoms with van der Waals surface area (Å²) in [6.07, 6.45) is 1.55. The van der Waals surface area contributed by atoms with E-state index in [0.717, 1.165) is 28.1 Å². The normalized spacial score (nSPS) is 11.6. The van der Waals surface area contributed by atoms with E-state index in [4.69, 9.17) is 14.5 Å². The predicted molar refractivity (Wildman–Crippen MR) is 161 cm³/mol. The van der Waals surface area contributed by atoms with Crippen molar-refractivity contribution in [1.29, 1.82) is 0 Å². The van der Waals surface area contributed by atoms with Crippen LogP contribution >= 0.6 is 0 Å². The second-order valence-electron chi connectivity index (χ2n) is 9.90. The van der Waals surface area contributed by atoms with Gasteiger partial charge in [-0.2, -0.15) is 0 Å². The van der Waals surface area contributed by atoms with Crippen molar-refractivity contribution in [3.8, 4) is 22.8 Å². The molecular formula is C33H32N4O5. The van der Waals surface area contributed by atoms with Crippen LogP contribution in [-0.4, -0.2) is 40.6 Å². The fourth-order valence-corrected chi connectivity index (χ4v) is 4.79. The Bertz CT molecular complexity index is 1710. The number of hydrogen-bond donors (Lipinski definition) is 3. The van der Waals surface area contributed by atoms with E-state index in [2.05, 4.69) is 10.6 Å². The van der Waals surface area contributed by atoms with Crippen molar-refractivity contribution >= 4 is 23.3 Å². The van der Waals surface area contributed by atoms with Gasteiger partial charge in [-0.05, 0) is 48.4 Å². The average Bonchev–Trinajstić information content (AvgIpc) is 3.37. The number of aliphatic carboxylic acids is 1. The number of anilines is 1. The Labute approximate surface area is 243 Å². The Morgan fingerprint density at radius 2 is 1.67 bits per heavy atom. The first kappa shape index (κ1) is 28.2. The van der Waals surface area contributed by atoms with E-state index in [1.165, 1.54) is 0 Å². The molecule has 0 aliphatic carbocycles. The number of carbonyl (C=O) groups excluding carboxylic acids is 1. The number of rotatable bonds is 11. The van der Waals surface area contributed by atoms with Crippen molar-refractivity contribution in [2.24, 2.45) is 0 Å². The number of aromatic nitrogens is 2. The number of carbonyl (C=O) groups is 2. The molecule has 5 rings (SSSR count). The highest BCUT2D eigenvalue weighted by molar-refractivity contribution is 5.96. The standard InChI is InChI=1S/C33H32N4O5/c1-21-9-11-23(12-10-21)26(19-30(38)39)35-33(40)25-15-16-37-29(18-25)36-31(24-13-14-27(41-2)28(17-24)42-3)32(37)34-20-22-7-5-4-6-8-22/h4-18,26,34H,19-20H2,1-3H3,(H,35,40)(H,38,39). The summed E-state index contributed by atoms with van der Waals surface area (Å²) < 4.78 is 12.8. The molecule has 0 spiro atoms. The maximum atomic E-state index is 13.4. The molecule has 0 bridgehead atoms. The molecule has 9 nitrogen and oxygen atoms in total. The summed E-state index contributed by atoms with van der Waals surface area (Å²) in [4.78, 5) is 29.8. The predicted octanol–water partition coefficient (Wildman–Crippen LogP) is 5.88. The lowest BCUT2D eigenvalue weighted by Gasteiger charge is -2.18. The third kappa shape index (κ3) is 6.20. The van der Waals surface area contributed by atoms with Gasteiger partial charge in [0.05, 0.1) is 26.7 Å². The summed E-state index contributed by atoms with van der Waals surface area (Å²) in [5, 5.41) is 15.9. The summed E-state index contributed by atoms with van der Waals surface area (Å²) in [5.41, 5.74) is 5.26. The molecule has 0 saturated carbocycles. The van der Waals surface area contributed by atoms with Crippen molar-refractivity contribution in [3.63, 3.8) is 0 Å². The van der Waals surface area contributed by atoms with Crippen LogP contribution in [0.25, 0.3) is 16.9 Å². The van der Waals surface area contributed by atoms with E-state index in [-0.39, 0.29) is 6.42 Å². The number of fused-ring (bicyclic) bond motifs is 1. The highest BCUT2D eigenvalue weighted by atomic mass is 16.5. The number of pyridine rings is 1. The van der Waals surface area contributed by atoms with Crippen molar-refractivity contribution in [2.75, 3.05) is 19.5 Å². The number of carboxylic acid groups (broad SMARTS) is 1. The molecule has 1 atom stereocenters. The van der Waals surface area contributed by atoms with Crippen molar-refractivity contribution < 1.29 is 24.2 Å². The zero-order chi connectivity index (χ0) is 29.6. The second kappa shape index (κ2) is 12.5. The lowest BCUT2D eigenvalue weighted by Crippen LogP contribution is -2.30. The van der Waals surface area contributed by atoms with Gasteiger partial charge < -0.3 is 25.2 Å². The minimum atomic E-state index is -1.00. The van der Waals surface area contributed by atoms with Crippen LogP contribution in [0.2, 0.25) is 0 Å². The van der Waals surface area contributed by atoms with Crippen LogP contribution in [-0.2, 0) is 11.3 Å². The molecule has 2 heterocycles. The van der Waals surface area contributed by atoms with Gasteiger partial charge in [-0.15, -0.1) is 0 Å². The van der Waals surface area contributed by atoms with Gasteiger partial charge in [0.2, 0.25) is 0 Å². The zero-order valence-corrected chi connectivity index (χ0v) is 23.6. The van der Waals surface area contributed by atoms with E-state index < -0.39 is 17.9 Å². The van der Waals surface area contributed by atoms with Gasteiger partial charge in [-0.1, -0.05) is 60.2 Å². The van der Waals surface area contributed by atoms with Crippen LogP contribution in [0.3, 0.4) is 0 Å². The molecule has 0 radical (unpaired) electrons. The molecule has 42 heavy (non-hydrogen) atoms. The summed E-state index contributed by atoms with van der Waals surface area (Å²) in [6, 6.07) is 25.8. The molecule has 0 saturated heterocycles. The first-order valence-corrected chi connectivity index (χ1v) is 13.5. The molecule has 9 heteroatoms. The number of hydrogen-bond acceptors (Lipinski definition) is 6. The van der Waals surface area contributed by atoms with E-state index in [0.29, 0.717) is 34.9 Å². The molecule has 3 N–H and O–H groups in total. The van der Waals surface area contributed by atoms with Crippen molar-refractivity contribution in [2.45, 2.75) is 25.9 Å². The largest absolute Gasteiger partial charge is 0.493 e. The number of amides is 1. The molecule has 5 aromatic rings. The Hall–Kier alpha value is -5.31. The minimum Gasteiger partial charge on any atom is -0.493 e. The minimum absolute atomic E-state index is 0.239. The monoisotopic (exact) mass is 564 g/mol. The van der Waals surface area contributed by atoms with Gasteiger partial charge in [-0.3, -0.25) is 14.0 Å². The molecule has 2 aromatic heterocycles. The van der Waals surface area contributed by atoms with Crippen LogP contribution in [0.1, 0.15) is 39.5 Å². The molecule has 0 aliphatic rings. The van der Waals surface area contributed by atoms with E-state index in [1.807, 2.05) is 84.1 Å². The Morgan fingerprint density at radius 1 is 0.929 bits per heavy atom. The number of nitrogens with zero attached hydrogens (tertiary/aromatic N) is 2. The topological polar surface area (TPSA) is 114 Å². The van der Waals surface area contributed by atoms with E-state index in [1.54, 1.807) is 32.5 Å². The highest BCUT2D eigenvalue weighted by Gasteiger charge is 2.21. The number of benzene rings is 3. The third-order valence-corrected chi connectivity index (χ3v) is 7.01. The van der Waals surface area contributed by atoms with Gasteiger partial charge in [-0.25, -0.2) is 4.98 Å². The molecule has 0 aliphatic heterocycles. The maximum Gasteiger partial charge on any atom is 0.305 e. The smallest absolute Gasteiger partial charge is 0.305 e. The molecule has 214 valence electrons. The Kier molecular flexibility index (Phi) is 8.38. The lowest BCUT2D eigenvalue weighted by molar-refractivity contribution is -0.137. The number of nitrogens with one attached hydrogen (secondary N) is 2. The highest BCUT2D eigenvalue weighted by Crippen LogP contribution is 2.36. The SMILES string of the molecule is COc1ccc(-c2nc3cc(C(=O)NC(CC(=O)O)c4ccc(C)cc4)ccn3c2NCc2ccccc2)cc1OC. The molecular weight excluding hydrogens is 532 g/mol. The first-order valence-electron chi connectivity index (χ1n) is 13.5. The van der Waals surface area contributed by atoms with Crippen LogP contribution in [0.15, 0.2) is 91.1 Å². The van der Waals surface area contributed by atoms with Crippen LogP contribution in [0.4, 0.5) is 5.82 Å². The number of imidazole rings is 1. The maximum absolute atomic E-state index is 13.4. The van der Waals surface area contributed by atoms with Gasteiger partial charge in [0.25, 0.3) is 5.91 Å². The summed E-state index contributed by atoms with van der Waals surface area (Å²) in [5.74, 6) is 0.530. The number of aryl methyl sites for hydroxylation is 1. The fraction of sp³-hybridized carbons (Fsp3) is 0.182. The summed E-state index contributed by atoms with van der Waals surface area (Å²) in [6.45, 7) is 2.51. The quantitative estimate of drug-likeness (QED) is 0.183. The molecule has 3 aromatic carbocycles. The van der Waals surface area contributed by atoms with Gasteiger partial charge in [0, 0.05) is 23.9 Å². The van der Waals surface area contributed by atoms with Crippen LogP contribution < -0.4 is 20.1 Å². The molecule has 0 fully saturated rings. The Balaban J connectivity index is 1.51. The van der Waals surface area contributed by atoms with Crippen LogP contribution in [0, 0.1) is 6.92 Å². The number of methoxy groups -OCH3 is 2. The number of ether oxygens (including phenoxy) is 2. The van der Waals surface area contributed by atoms with Gasteiger partial charge in [0.1, 0.15) is 17.2 Å². The summed E-state index contributed by atoms with van der Waals surface area (Å²) in [7, 11) is 3.17. The van der Waals surface area contributed by atoms with E-state index in [9.17, 15) is 14.7 Å². The second-order valence-corrected chi connectivity index (χ2v) is 9.90. The lowest BCUT2D eigenvalue weighted by atomic mass is 10.0. The van der Waals surface area contributed by atoms with Crippen LogP contribution in [0.5, 0.6) is 11.5 Å². The van der Waals surface area contributed by atoms with Crippen molar-refractivity contribution in [1.82, 2.24) is 14.7 Å². The fourth-order valence-electron chi connectivity index (χ4n) is 4.79. The van der Waals surface area contributed by atoms with Crippen molar-refractivity contribution in [3.05, 3.63) is 113 Å². The first-order chi connectivity index (χ1) is 20.4. The molecule has 1 amide bonds. The molecule has 1 unspecified atom stereocenters. The number of carboxylic acids is 1. The third-order valence-electron chi connectivity index (χ3n) is 7.01. The zero-order valence-electron chi connectivity index (χ0n) is 23.6. The summed E-state index contributed by atoms with van der Waals surface area (Å²) >= 11 is 0. The van der Waals surface area contributed by atoms with Gasteiger partial charge >= 0.3 is 5.97 Å².